The zero-order chi connectivity index (χ0) is 20.3. The van der Waals surface area contributed by atoms with Gasteiger partial charge in [-0.3, -0.25) is 9.88 Å². The summed E-state index contributed by atoms with van der Waals surface area (Å²) in [6.07, 6.45) is 1.74. The van der Waals surface area contributed by atoms with Crippen LogP contribution in [0.4, 0.5) is 5.82 Å². The van der Waals surface area contributed by atoms with Crippen LogP contribution in [0.3, 0.4) is 0 Å². The van der Waals surface area contributed by atoms with Gasteiger partial charge in [0.1, 0.15) is 11.6 Å². The maximum Gasteiger partial charge on any atom is 0.165 e. The van der Waals surface area contributed by atoms with Gasteiger partial charge in [-0.1, -0.05) is 6.07 Å². The average molecular weight is 377 g/mol. The van der Waals surface area contributed by atoms with Gasteiger partial charge in [-0.25, -0.2) is 9.97 Å². The summed E-state index contributed by atoms with van der Waals surface area (Å²) in [7, 11) is 3.73. The van der Waals surface area contributed by atoms with E-state index in [1.54, 1.807) is 13.3 Å². The van der Waals surface area contributed by atoms with Crippen LogP contribution in [0.1, 0.15) is 28.1 Å². The number of aryl methyl sites for hydroxylation is 3. The van der Waals surface area contributed by atoms with Gasteiger partial charge >= 0.3 is 0 Å². The molecule has 146 valence electrons. The Balaban J connectivity index is 1.83. The first-order valence-corrected chi connectivity index (χ1v) is 9.25. The predicted molar refractivity (Wildman–Crippen MR) is 112 cm³/mol. The van der Waals surface area contributed by atoms with E-state index in [9.17, 15) is 0 Å². The van der Waals surface area contributed by atoms with Gasteiger partial charge in [0.25, 0.3) is 0 Å². The van der Waals surface area contributed by atoms with Crippen molar-refractivity contribution in [2.24, 2.45) is 0 Å². The Morgan fingerprint density at radius 2 is 1.82 bits per heavy atom. The molecule has 2 aromatic heterocycles. The van der Waals surface area contributed by atoms with Crippen LogP contribution >= 0.6 is 0 Å². The summed E-state index contributed by atoms with van der Waals surface area (Å²) in [5.41, 5.74) is 12.2. The lowest BCUT2D eigenvalue weighted by atomic mass is 10.1. The summed E-state index contributed by atoms with van der Waals surface area (Å²) in [6, 6.07) is 10.3. The number of nitrogens with two attached hydrogens (primary N) is 1. The Morgan fingerprint density at radius 3 is 2.50 bits per heavy atom. The molecule has 0 aliphatic rings. The number of methoxy groups -OCH3 is 1. The fourth-order valence-electron chi connectivity index (χ4n) is 3.26. The zero-order valence-electron chi connectivity index (χ0n) is 17.2. The van der Waals surface area contributed by atoms with E-state index in [1.807, 2.05) is 19.9 Å². The van der Waals surface area contributed by atoms with Crippen LogP contribution in [0, 0.1) is 20.8 Å². The first kappa shape index (κ1) is 19.8. The summed E-state index contributed by atoms with van der Waals surface area (Å²) in [5.74, 6) is 1.78. The largest absolute Gasteiger partial charge is 0.496 e. The highest BCUT2D eigenvalue weighted by atomic mass is 16.5. The maximum atomic E-state index is 5.97. The molecule has 0 radical (unpaired) electrons. The molecule has 28 heavy (non-hydrogen) atoms. The van der Waals surface area contributed by atoms with Crippen molar-refractivity contribution in [3.8, 4) is 17.1 Å². The number of benzene rings is 1. The summed E-state index contributed by atoms with van der Waals surface area (Å²) in [5, 5.41) is 0. The van der Waals surface area contributed by atoms with E-state index in [1.165, 1.54) is 5.56 Å². The smallest absolute Gasteiger partial charge is 0.165 e. The van der Waals surface area contributed by atoms with Crippen LogP contribution in [0.5, 0.6) is 5.75 Å². The number of rotatable bonds is 6. The molecule has 3 aromatic rings. The summed E-state index contributed by atoms with van der Waals surface area (Å²) in [6.45, 7) is 7.56. The molecule has 6 nitrogen and oxygen atoms in total. The van der Waals surface area contributed by atoms with Crippen molar-refractivity contribution in [3.63, 3.8) is 0 Å². The number of pyridine rings is 1. The molecule has 1 aromatic carbocycles. The molecule has 2 heterocycles. The van der Waals surface area contributed by atoms with Crippen LogP contribution in [0.2, 0.25) is 0 Å². The van der Waals surface area contributed by atoms with E-state index < -0.39 is 0 Å². The lowest BCUT2D eigenvalue weighted by molar-refractivity contribution is 0.314. The predicted octanol–water partition coefficient (Wildman–Crippen LogP) is 3.69. The molecule has 0 aliphatic heterocycles. The van der Waals surface area contributed by atoms with Gasteiger partial charge in [0.2, 0.25) is 0 Å². The van der Waals surface area contributed by atoms with Gasteiger partial charge in [-0.05, 0) is 63.2 Å². The molecular weight excluding hydrogens is 350 g/mol. The van der Waals surface area contributed by atoms with Crippen molar-refractivity contribution in [2.75, 3.05) is 19.9 Å². The van der Waals surface area contributed by atoms with Gasteiger partial charge in [0.15, 0.2) is 5.82 Å². The number of ether oxygens (including phenoxy) is 1. The molecular formula is C22H27N5O. The third-order valence-corrected chi connectivity index (χ3v) is 4.55. The van der Waals surface area contributed by atoms with Crippen molar-refractivity contribution in [3.05, 3.63) is 64.6 Å². The Labute approximate surface area is 166 Å². The minimum Gasteiger partial charge on any atom is -0.496 e. The van der Waals surface area contributed by atoms with Crippen LogP contribution in [-0.2, 0) is 13.1 Å². The quantitative estimate of drug-likeness (QED) is 0.706. The number of anilines is 1. The highest BCUT2D eigenvalue weighted by Gasteiger charge is 2.13. The van der Waals surface area contributed by atoms with Crippen molar-refractivity contribution in [2.45, 2.75) is 33.9 Å². The van der Waals surface area contributed by atoms with E-state index in [2.05, 4.69) is 58.1 Å². The van der Waals surface area contributed by atoms with E-state index in [0.717, 1.165) is 46.9 Å². The van der Waals surface area contributed by atoms with Crippen LogP contribution < -0.4 is 10.5 Å². The fourth-order valence-corrected chi connectivity index (χ4v) is 3.26. The van der Waals surface area contributed by atoms with E-state index in [-0.39, 0.29) is 0 Å². The first-order chi connectivity index (χ1) is 13.4. The number of hydrogen-bond donors (Lipinski definition) is 1. The lowest BCUT2D eigenvalue weighted by Gasteiger charge is -2.18. The molecule has 0 aliphatic carbocycles. The minimum atomic E-state index is 0.482. The standard InChI is InChI=1S/C22H27N5O/c1-14-8-16(3)25-18(9-14)13-27(4)12-17-6-7-20(28-5)19(10-17)22-24-11-15(2)21(23)26-22/h6-11H,12-13H2,1-5H3,(H2,23,24,26). The molecule has 0 spiro atoms. The van der Waals surface area contributed by atoms with Gasteiger partial charge < -0.3 is 10.5 Å². The molecule has 6 heteroatoms. The summed E-state index contributed by atoms with van der Waals surface area (Å²) in [4.78, 5) is 15.7. The second-order valence-corrected chi connectivity index (χ2v) is 7.25. The molecule has 0 amide bonds. The van der Waals surface area contributed by atoms with Crippen molar-refractivity contribution < 1.29 is 4.74 Å². The second-order valence-electron chi connectivity index (χ2n) is 7.25. The molecule has 0 fully saturated rings. The molecule has 0 unspecified atom stereocenters. The molecule has 0 atom stereocenters. The van der Waals surface area contributed by atoms with Gasteiger partial charge in [-0.2, -0.15) is 0 Å². The van der Waals surface area contributed by atoms with E-state index in [4.69, 9.17) is 10.5 Å². The molecule has 3 rings (SSSR count). The van der Waals surface area contributed by atoms with Gasteiger partial charge in [0.05, 0.1) is 18.4 Å². The second kappa shape index (κ2) is 8.35. The highest BCUT2D eigenvalue weighted by molar-refractivity contribution is 5.66. The molecule has 0 bridgehead atoms. The number of nitrogen functional groups attached to an aromatic ring is 1. The van der Waals surface area contributed by atoms with Gasteiger partial charge in [-0.15, -0.1) is 0 Å². The first-order valence-electron chi connectivity index (χ1n) is 9.25. The molecule has 0 saturated heterocycles. The number of hydrogen-bond acceptors (Lipinski definition) is 6. The SMILES string of the molecule is COc1ccc(CN(C)Cc2cc(C)cc(C)n2)cc1-c1ncc(C)c(N)n1. The van der Waals surface area contributed by atoms with Crippen LogP contribution in [-0.4, -0.2) is 34.0 Å². The monoisotopic (exact) mass is 377 g/mol. The highest BCUT2D eigenvalue weighted by Crippen LogP contribution is 2.29. The number of nitrogens with zero attached hydrogens (tertiary/aromatic N) is 4. The Hall–Kier alpha value is -2.99. The summed E-state index contributed by atoms with van der Waals surface area (Å²) < 4.78 is 5.51. The van der Waals surface area contributed by atoms with E-state index in [0.29, 0.717) is 11.6 Å². The Bertz CT molecular complexity index is 966. The number of aromatic nitrogens is 3. The Kier molecular flexibility index (Phi) is 5.90. The van der Waals surface area contributed by atoms with Crippen LogP contribution in [0.25, 0.3) is 11.4 Å². The lowest BCUT2D eigenvalue weighted by Crippen LogP contribution is -2.18. The third kappa shape index (κ3) is 4.64. The van der Waals surface area contributed by atoms with Crippen molar-refractivity contribution in [1.29, 1.82) is 0 Å². The molecule has 2 N–H and O–H groups in total. The van der Waals surface area contributed by atoms with E-state index >= 15 is 0 Å². The average Bonchev–Trinajstić information content (AvgIpc) is 2.63. The third-order valence-electron chi connectivity index (χ3n) is 4.55. The van der Waals surface area contributed by atoms with Gasteiger partial charge in [0, 0.05) is 30.5 Å². The fraction of sp³-hybridized carbons (Fsp3) is 0.318. The van der Waals surface area contributed by atoms with Crippen molar-refractivity contribution >= 4 is 5.82 Å². The maximum absolute atomic E-state index is 5.97. The summed E-state index contributed by atoms with van der Waals surface area (Å²) >= 11 is 0. The zero-order valence-corrected chi connectivity index (χ0v) is 17.2. The topological polar surface area (TPSA) is 77.2 Å². The van der Waals surface area contributed by atoms with Crippen LogP contribution in [0.15, 0.2) is 36.5 Å². The minimum absolute atomic E-state index is 0.482. The normalized spacial score (nSPS) is 11.1. The Morgan fingerprint density at radius 1 is 1.04 bits per heavy atom. The van der Waals surface area contributed by atoms with Crippen molar-refractivity contribution in [1.82, 2.24) is 19.9 Å². The molecule has 0 saturated carbocycles.